The largest absolute Gasteiger partial charge is 0.382 e. The third-order valence-electron chi connectivity index (χ3n) is 4.39. The van der Waals surface area contributed by atoms with Crippen LogP contribution in [0.2, 0.25) is 0 Å². The number of sulfone groups is 1. The van der Waals surface area contributed by atoms with Gasteiger partial charge >= 0.3 is 0 Å². The standard InChI is InChI=1S/C13H22N4O2S2/c1-16(2)9-5-7-17(8-6-9)13-11(12(14)15-20-13)21(18,19)10-3-4-10/h9-10H,3-8H2,1-2H3,(H2,14,15). The second-order valence-corrected chi connectivity index (χ2v) is 9.05. The fourth-order valence-corrected chi connectivity index (χ4v) is 5.96. The molecule has 0 aromatic carbocycles. The van der Waals surface area contributed by atoms with Crippen LogP contribution < -0.4 is 10.6 Å². The van der Waals surface area contributed by atoms with Gasteiger partial charge in [0.2, 0.25) is 0 Å². The third kappa shape index (κ3) is 2.76. The molecular weight excluding hydrogens is 308 g/mol. The quantitative estimate of drug-likeness (QED) is 0.893. The van der Waals surface area contributed by atoms with Crippen LogP contribution in [0, 0.1) is 0 Å². The molecule has 0 atom stereocenters. The Bertz CT molecular complexity index is 614. The van der Waals surface area contributed by atoms with E-state index in [1.165, 1.54) is 11.5 Å². The minimum absolute atomic E-state index is 0.177. The van der Waals surface area contributed by atoms with Gasteiger partial charge in [0.15, 0.2) is 15.7 Å². The predicted molar refractivity (Wildman–Crippen MR) is 85.7 cm³/mol. The van der Waals surface area contributed by atoms with E-state index in [1.807, 2.05) is 0 Å². The Kier molecular flexibility index (Phi) is 3.87. The Labute approximate surface area is 130 Å². The average Bonchev–Trinajstić information content (AvgIpc) is 3.22. The maximum atomic E-state index is 12.6. The molecule has 3 rings (SSSR count). The van der Waals surface area contributed by atoms with E-state index >= 15 is 0 Å². The number of hydrogen-bond acceptors (Lipinski definition) is 7. The van der Waals surface area contributed by atoms with Crippen LogP contribution in [0.25, 0.3) is 0 Å². The van der Waals surface area contributed by atoms with Crippen LogP contribution in [0.15, 0.2) is 4.90 Å². The summed E-state index contributed by atoms with van der Waals surface area (Å²) < 4.78 is 29.2. The van der Waals surface area contributed by atoms with Crippen molar-refractivity contribution in [1.29, 1.82) is 0 Å². The lowest BCUT2D eigenvalue weighted by Crippen LogP contribution is -2.42. The van der Waals surface area contributed by atoms with Crippen molar-refractivity contribution in [2.24, 2.45) is 0 Å². The summed E-state index contributed by atoms with van der Waals surface area (Å²) in [5.41, 5.74) is 5.86. The maximum Gasteiger partial charge on any atom is 0.187 e. The minimum Gasteiger partial charge on any atom is -0.382 e. The Hall–Kier alpha value is -0.860. The van der Waals surface area contributed by atoms with Gasteiger partial charge in [-0.1, -0.05) is 0 Å². The van der Waals surface area contributed by atoms with Gasteiger partial charge in [0.05, 0.1) is 5.25 Å². The molecule has 0 bridgehead atoms. The number of piperidine rings is 1. The van der Waals surface area contributed by atoms with Crippen molar-refractivity contribution in [2.45, 2.75) is 41.9 Å². The van der Waals surface area contributed by atoms with E-state index in [0.717, 1.165) is 43.8 Å². The van der Waals surface area contributed by atoms with E-state index < -0.39 is 9.84 Å². The van der Waals surface area contributed by atoms with Crippen molar-refractivity contribution in [3.05, 3.63) is 0 Å². The van der Waals surface area contributed by atoms with Gasteiger partial charge in [-0.25, -0.2) is 8.42 Å². The molecule has 2 N–H and O–H groups in total. The molecule has 118 valence electrons. The SMILES string of the molecule is CN(C)C1CCN(c2snc(N)c2S(=O)(=O)C2CC2)CC1. The van der Waals surface area contributed by atoms with Gasteiger partial charge in [0, 0.05) is 19.1 Å². The lowest BCUT2D eigenvalue weighted by atomic mass is 10.0. The van der Waals surface area contributed by atoms with Crippen LogP contribution in [0.5, 0.6) is 0 Å². The Balaban J connectivity index is 1.84. The molecular formula is C13H22N4O2S2. The summed E-state index contributed by atoms with van der Waals surface area (Å²) in [6, 6.07) is 0.565. The first kappa shape index (κ1) is 15.1. The van der Waals surface area contributed by atoms with Gasteiger partial charge < -0.3 is 15.5 Å². The molecule has 2 fully saturated rings. The van der Waals surface area contributed by atoms with Crippen LogP contribution in [0.3, 0.4) is 0 Å². The highest BCUT2D eigenvalue weighted by atomic mass is 32.2. The topological polar surface area (TPSA) is 79.5 Å². The van der Waals surface area contributed by atoms with Crippen LogP contribution in [0.1, 0.15) is 25.7 Å². The summed E-state index contributed by atoms with van der Waals surface area (Å²) in [6.45, 7) is 1.72. The van der Waals surface area contributed by atoms with E-state index in [1.54, 1.807) is 0 Å². The van der Waals surface area contributed by atoms with Crippen molar-refractivity contribution in [3.8, 4) is 0 Å². The molecule has 1 aromatic heterocycles. The molecule has 0 unspecified atom stereocenters. The minimum atomic E-state index is -3.29. The fourth-order valence-electron chi connectivity index (χ4n) is 2.88. The van der Waals surface area contributed by atoms with Gasteiger partial charge in [-0.2, -0.15) is 4.37 Å². The van der Waals surface area contributed by atoms with Gasteiger partial charge in [-0.3, -0.25) is 0 Å². The van der Waals surface area contributed by atoms with E-state index in [-0.39, 0.29) is 11.1 Å². The maximum absolute atomic E-state index is 12.6. The molecule has 1 saturated heterocycles. The summed E-state index contributed by atoms with van der Waals surface area (Å²) in [6.07, 6.45) is 3.57. The van der Waals surface area contributed by atoms with Crippen LogP contribution in [0.4, 0.5) is 10.8 Å². The average molecular weight is 330 g/mol. The molecule has 0 amide bonds. The molecule has 1 aliphatic carbocycles. The summed E-state index contributed by atoms with van der Waals surface area (Å²) >= 11 is 1.22. The number of nitrogens with two attached hydrogens (primary N) is 1. The van der Waals surface area contributed by atoms with E-state index in [4.69, 9.17) is 5.73 Å². The van der Waals surface area contributed by atoms with Gasteiger partial charge in [-0.05, 0) is 51.3 Å². The highest BCUT2D eigenvalue weighted by molar-refractivity contribution is 7.92. The van der Waals surface area contributed by atoms with Crippen LogP contribution >= 0.6 is 11.5 Å². The number of anilines is 2. The van der Waals surface area contributed by atoms with Gasteiger partial charge in [-0.15, -0.1) is 0 Å². The zero-order valence-corrected chi connectivity index (χ0v) is 14.1. The zero-order valence-electron chi connectivity index (χ0n) is 12.4. The van der Waals surface area contributed by atoms with Gasteiger partial charge in [0.25, 0.3) is 0 Å². The lowest BCUT2D eigenvalue weighted by molar-refractivity contribution is 0.250. The second-order valence-electron chi connectivity index (χ2n) is 6.13. The zero-order chi connectivity index (χ0) is 15.2. The number of nitrogen functional groups attached to an aromatic ring is 1. The first-order valence-corrected chi connectivity index (χ1v) is 9.63. The lowest BCUT2D eigenvalue weighted by Gasteiger charge is -2.35. The molecule has 0 radical (unpaired) electrons. The van der Waals surface area contributed by atoms with Crippen molar-refractivity contribution in [1.82, 2.24) is 9.27 Å². The summed E-state index contributed by atoms with van der Waals surface area (Å²) in [5.74, 6) is 0.177. The van der Waals surface area contributed by atoms with Crippen molar-refractivity contribution in [3.63, 3.8) is 0 Å². The monoisotopic (exact) mass is 330 g/mol. The third-order valence-corrected chi connectivity index (χ3v) is 7.76. The van der Waals surface area contributed by atoms with E-state index in [9.17, 15) is 8.42 Å². The molecule has 8 heteroatoms. The Morgan fingerprint density at radius 3 is 2.38 bits per heavy atom. The highest BCUT2D eigenvalue weighted by Crippen LogP contribution is 2.43. The number of nitrogens with zero attached hydrogens (tertiary/aromatic N) is 3. The summed E-state index contributed by atoms with van der Waals surface area (Å²) in [7, 11) is 0.890. The molecule has 6 nitrogen and oxygen atoms in total. The summed E-state index contributed by atoms with van der Waals surface area (Å²) in [4.78, 5) is 4.67. The number of rotatable bonds is 4. The van der Waals surface area contributed by atoms with Crippen molar-refractivity contribution >= 4 is 32.2 Å². The van der Waals surface area contributed by atoms with E-state index in [2.05, 4.69) is 28.3 Å². The van der Waals surface area contributed by atoms with Crippen LogP contribution in [-0.4, -0.2) is 56.2 Å². The molecule has 0 spiro atoms. The van der Waals surface area contributed by atoms with Crippen molar-refractivity contribution < 1.29 is 8.42 Å². The first-order chi connectivity index (χ1) is 9.91. The van der Waals surface area contributed by atoms with Crippen LogP contribution in [-0.2, 0) is 9.84 Å². The Morgan fingerprint density at radius 1 is 1.24 bits per heavy atom. The number of hydrogen-bond donors (Lipinski definition) is 1. The highest BCUT2D eigenvalue weighted by Gasteiger charge is 2.41. The molecule has 2 aliphatic rings. The van der Waals surface area contributed by atoms with Crippen molar-refractivity contribution in [2.75, 3.05) is 37.8 Å². The summed E-state index contributed by atoms with van der Waals surface area (Å²) in [5, 5.41) is 0.505. The first-order valence-electron chi connectivity index (χ1n) is 7.31. The normalized spacial score (nSPS) is 21.2. The molecule has 1 aliphatic heterocycles. The molecule has 1 saturated carbocycles. The molecule has 1 aromatic rings. The smallest absolute Gasteiger partial charge is 0.187 e. The Morgan fingerprint density at radius 2 is 1.86 bits per heavy atom. The fraction of sp³-hybridized carbons (Fsp3) is 0.769. The molecule has 2 heterocycles. The number of aromatic nitrogens is 1. The van der Waals surface area contributed by atoms with Gasteiger partial charge in [0.1, 0.15) is 9.90 Å². The predicted octanol–water partition coefficient (Wildman–Crippen LogP) is 1.19. The molecule has 21 heavy (non-hydrogen) atoms. The van der Waals surface area contributed by atoms with E-state index in [0.29, 0.717) is 10.9 Å². The second kappa shape index (κ2) is 5.40.